The molecule has 5 heteroatoms. The molecule has 0 atom stereocenters. The molecule has 0 fully saturated rings. The van der Waals surface area contributed by atoms with Crippen molar-refractivity contribution in [3.8, 4) is 0 Å². The molecule has 1 aromatic carbocycles. The van der Waals surface area contributed by atoms with Crippen LogP contribution in [0.1, 0.15) is 12.5 Å². The van der Waals surface area contributed by atoms with Crippen LogP contribution in [0.3, 0.4) is 0 Å². The van der Waals surface area contributed by atoms with Gasteiger partial charge >= 0.3 is 0 Å². The summed E-state index contributed by atoms with van der Waals surface area (Å²) in [6, 6.07) is 6.88. The van der Waals surface area contributed by atoms with Gasteiger partial charge in [-0.2, -0.15) is 0 Å². The standard InChI is InChI=1S/C13H19NO3S/c1-11(15)10-14(2)9-8-12-4-6-13(7-5-12)18(3,16)17/h4-7H,8-10H2,1-3H3. The molecule has 0 aliphatic heterocycles. The van der Waals surface area contributed by atoms with E-state index < -0.39 is 9.84 Å². The third-order valence-electron chi connectivity index (χ3n) is 2.63. The van der Waals surface area contributed by atoms with Crippen molar-refractivity contribution in [3.63, 3.8) is 0 Å². The normalized spacial score (nSPS) is 11.8. The largest absolute Gasteiger partial charge is 0.299 e. The van der Waals surface area contributed by atoms with Crippen molar-refractivity contribution in [2.75, 3.05) is 26.4 Å². The van der Waals surface area contributed by atoms with Gasteiger partial charge in [-0.05, 0) is 38.1 Å². The van der Waals surface area contributed by atoms with E-state index in [1.165, 1.54) is 6.26 Å². The lowest BCUT2D eigenvalue weighted by molar-refractivity contribution is -0.117. The van der Waals surface area contributed by atoms with Crippen LogP contribution in [0.5, 0.6) is 0 Å². The van der Waals surface area contributed by atoms with Crippen molar-refractivity contribution in [1.82, 2.24) is 4.90 Å². The summed E-state index contributed by atoms with van der Waals surface area (Å²) in [5.74, 6) is 0.143. The smallest absolute Gasteiger partial charge is 0.175 e. The zero-order valence-corrected chi connectivity index (χ0v) is 11.8. The van der Waals surface area contributed by atoms with E-state index in [0.29, 0.717) is 11.4 Å². The van der Waals surface area contributed by atoms with E-state index in [9.17, 15) is 13.2 Å². The van der Waals surface area contributed by atoms with Crippen molar-refractivity contribution in [2.24, 2.45) is 0 Å². The fraction of sp³-hybridized carbons (Fsp3) is 0.462. The minimum atomic E-state index is -3.12. The molecule has 0 N–H and O–H groups in total. The van der Waals surface area contributed by atoms with Crippen LogP contribution in [0, 0.1) is 0 Å². The zero-order valence-electron chi connectivity index (χ0n) is 11.0. The Morgan fingerprint density at radius 3 is 2.22 bits per heavy atom. The predicted octanol–water partition coefficient (Wildman–Crippen LogP) is 1.15. The summed E-state index contributed by atoms with van der Waals surface area (Å²) in [7, 11) is -1.23. The second kappa shape index (κ2) is 6.11. The Morgan fingerprint density at radius 2 is 1.78 bits per heavy atom. The average molecular weight is 269 g/mol. The summed E-state index contributed by atoms with van der Waals surface area (Å²) in [4.78, 5) is 13.2. The van der Waals surface area contributed by atoms with Gasteiger partial charge in [0.2, 0.25) is 0 Å². The van der Waals surface area contributed by atoms with Gasteiger partial charge in [-0.3, -0.25) is 9.69 Å². The average Bonchev–Trinajstić information content (AvgIpc) is 2.25. The Bertz CT molecular complexity index is 506. The number of nitrogens with zero attached hydrogens (tertiary/aromatic N) is 1. The topological polar surface area (TPSA) is 54.5 Å². The molecule has 0 saturated carbocycles. The number of Topliss-reactive ketones (excluding diaryl/α,β-unsaturated/α-hetero) is 1. The minimum absolute atomic E-state index is 0.143. The number of rotatable bonds is 6. The Morgan fingerprint density at radius 1 is 1.22 bits per heavy atom. The summed E-state index contributed by atoms with van der Waals surface area (Å²) in [6.45, 7) is 2.79. The van der Waals surface area contributed by atoms with Gasteiger partial charge in [0.05, 0.1) is 11.4 Å². The summed E-state index contributed by atoms with van der Waals surface area (Å²) in [5, 5.41) is 0. The molecule has 4 nitrogen and oxygen atoms in total. The van der Waals surface area contributed by atoms with Crippen LogP contribution < -0.4 is 0 Å². The number of benzene rings is 1. The first-order chi connectivity index (χ1) is 8.29. The first-order valence-corrected chi connectivity index (χ1v) is 7.65. The van der Waals surface area contributed by atoms with Crippen LogP contribution >= 0.6 is 0 Å². The number of ketones is 1. The van der Waals surface area contributed by atoms with Crippen molar-refractivity contribution in [1.29, 1.82) is 0 Å². The highest BCUT2D eigenvalue weighted by atomic mass is 32.2. The molecule has 1 rings (SSSR count). The van der Waals surface area contributed by atoms with Crippen molar-refractivity contribution >= 4 is 15.6 Å². The molecule has 0 saturated heterocycles. The van der Waals surface area contributed by atoms with Crippen molar-refractivity contribution in [3.05, 3.63) is 29.8 Å². The molecule has 100 valence electrons. The molecule has 0 spiro atoms. The lowest BCUT2D eigenvalue weighted by Crippen LogP contribution is -2.26. The van der Waals surface area contributed by atoms with Crippen LogP contribution in [0.2, 0.25) is 0 Å². The molecule has 0 aliphatic carbocycles. The minimum Gasteiger partial charge on any atom is -0.299 e. The molecule has 0 amide bonds. The molecule has 0 bridgehead atoms. The molecular weight excluding hydrogens is 250 g/mol. The Hall–Kier alpha value is -1.20. The highest BCUT2D eigenvalue weighted by Crippen LogP contribution is 2.10. The summed E-state index contributed by atoms with van der Waals surface area (Å²) < 4.78 is 22.6. The molecular formula is C13H19NO3S. The van der Waals surface area contributed by atoms with Crippen molar-refractivity contribution in [2.45, 2.75) is 18.2 Å². The Labute approximate surface area is 109 Å². The maximum atomic E-state index is 11.3. The quantitative estimate of drug-likeness (QED) is 0.777. The highest BCUT2D eigenvalue weighted by Gasteiger charge is 2.07. The van der Waals surface area contributed by atoms with Crippen LogP contribution in [0.15, 0.2) is 29.2 Å². The first-order valence-electron chi connectivity index (χ1n) is 5.76. The van der Waals surface area contributed by atoms with Gasteiger partial charge in [-0.1, -0.05) is 12.1 Å². The molecule has 0 aromatic heterocycles. The van der Waals surface area contributed by atoms with Crippen molar-refractivity contribution < 1.29 is 13.2 Å². The lowest BCUT2D eigenvalue weighted by atomic mass is 10.1. The fourth-order valence-electron chi connectivity index (χ4n) is 1.68. The number of likely N-dealkylation sites (N-methyl/N-ethyl adjacent to an activating group) is 1. The maximum absolute atomic E-state index is 11.3. The second-order valence-corrected chi connectivity index (χ2v) is 6.62. The van der Waals surface area contributed by atoms with E-state index in [4.69, 9.17) is 0 Å². The number of hydrogen-bond acceptors (Lipinski definition) is 4. The SMILES string of the molecule is CC(=O)CN(C)CCc1ccc(S(C)(=O)=O)cc1. The molecule has 0 aliphatic rings. The van der Waals surface area contributed by atoms with E-state index in [1.54, 1.807) is 19.1 Å². The van der Waals surface area contributed by atoms with Gasteiger partial charge in [0, 0.05) is 12.8 Å². The highest BCUT2D eigenvalue weighted by molar-refractivity contribution is 7.90. The predicted molar refractivity (Wildman–Crippen MR) is 71.4 cm³/mol. The van der Waals surface area contributed by atoms with E-state index in [2.05, 4.69) is 0 Å². The third kappa shape index (κ3) is 4.98. The summed E-state index contributed by atoms with van der Waals surface area (Å²) in [6.07, 6.45) is 2.00. The summed E-state index contributed by atoms with van der Waals surface area (Å²) in [5.41, 5.74) is 1.07. The van der Waals surface area contributed by atoms with Gasteiger partial charge in [-0.15, -0.1) is 0 Å². The molecule has 0 unspecified atom stereocenters. The number of hydrogen-bond donors (Lipinski definition) is 0. The fourth-order valence-corrected chi connectivity index (χ4v) is 2.31. The van der Waals surface area contributed by atoms with E-state index in [-0.39, 0.29) is 5.78 Å². The van der Waals surface area contributed by atoms with E-state index in [1.807, 2.05) is 24.1 Å². The number of carbonyl (C=O) groups is 1. The van der Waals surface area contributed by atoms with Crippen LogP contribution in [-0.2, 0) is 21.1 Å². The van der Waals surface area contributed by atoms with Gasteiger partial charge in [0.15, 0.2) is 9.84 Å². The lowest BCUT2D eigenvalue weighted by Gasteiger charge is -2.14. The Kier molecular flexibility index (Phi) is 5.04. The molecule has 0 radical (unpaired) electrons. The van der Waals surface area contributed by atoms with Crippen LogP contribution in [-0.4, -0.2) is 45.5 Å². The first kappa shape index (κ1) is 14.9. The van der Waals surface area contributed by atoms with Gasteiger partial charge in [0.1, 0.15) is 5.78 Å². The number of sulfone groups is 1. The van der Waals surface area contributed by atoms with Gasteiger partial charge < -0.3 is 0 Å². The van der Waals surface area contributed by atoms with E-state index in [0.717, 1.165) is 18.5 Å². The molecule has 0 heterocycles. The van der Waals surface area contributed by atoms with Crippen LogP contribution in [0.4, 0.5) is 0 Å². The van der Waals surface area contributed by atoms with Crippen LogP contribution in [0.25, 0.3) is 0 Å². The van der Waals surface area contributed by atoms with E-state index >= 15 is 0 Å². The Balaban J connectivity index is 2.57. The van der Waals surface area contributed by atoms with Gasteiger partial charge in [0.25, 0.3) is 0 Å². The van der Waals surface area contributed by atoms with Gasteiger partial charge in [-0.25, -0.2) is 8.42 Å². The zero-order chi connectivity index (χ0) is 13.8. The third-order valence-corrected chi connectivity index (χ3v) is 3.75. The monoisotopic (exact) mass is 269 g/mol. The second-order valence-electron chi connectivity index (χ2n) is 4.61. The maximum Gasteiger partial charge on any atom is 0.175 e. The molecule has 1 aromatic rings. The number of carbonyl (C=O) groups excluding carboxylic acids is 1. The molecule has 18 heavy (non-hydrogen) atoms. The summed E-state index contributed by atoms with van der Waals surface area (Å²) >= 11 is 0.